The molecule has 2 aromatic carbocycles. The van der Waals surface area contributed by atoms with Gasteiger partial charge in [-0.2, -0.15) is 18.4 Å². The van der Waals surface area contributed by atoms with E-state index in [4.69, 9.17) is 4.74 Å². The molecule has 0 fully saturated rings. The molecule has 0 aliphatic rings. The van der Waals surface area contributed by atoms with Crippen LogP contribution < -0.4 is 10.1 Å². The van der Waals surface area contributed by atoms with Crippen LogP contribution in [0.5, 0.6) is 5.75 Å². The van der Waals surface area contributed by atoms with Gasteiger partial charge in [-0.15, -0.1) is 0 Å². The van der Waals surface area contributed by atoms with Crippen LogP contribution >= 0.6 is 11.8 Å². The zero-order chi connectivity index (χ0) is 24.0. The third-order valence-corrected chi connectivity index (χ3v) is 5.75. The van der Waals surface area contributed by atoms with E-state index in [1.165, 1.54) is 7.11 Å². The number of carbonyl (C=O) groups excluding carboxylic acids is 1. The Balaban J connectivity index is 1.88. The lowest BCUT2D eigenvalue weighted by molar-refractivity contribution is -0.138. The standard InChI is InChI=1S/C24H20F3N3O2S/c1-3-15-4-8-17(9-5-15)29-22(31)14-33-23-19(13-28)20(24(25,26)27)12-21(30-23)16-6-10-18(32-2)11-7-16/h4-12H,3,14H2,1-2H3,(H,29,31). The average molecular weight is 472 g/mol. The quantitative estimate of drug-likeness (QED) is 0.432. The van der Waals surface area contributed by atoms with Crippen molar-refractivity contribution in [3.63, 3.8) is 0 Å². The number of anilines is 1. The van der Waals surface area contributed by atoms with Crippen molar-refractivity contribution in [2.75, 3.05) is 18.2 Å². The second-order valence-electron chi connectivity index (χ2n) is 6.96. The molecule has 0 saturated carbocycles. The average Bonchev–Trinajstić information content (AvgIpc) is 2.82. The van der Waals surface area contributed by atoms with Crippen molar-refractivity contribution in [3.05, 3.63) is 71.3 Å². The van der Waals surface area contributed by atoms with Crippen molar-refractivity contribution in [2.45, 2.75) is 24.5 Å². The van der Waals surface area contributed by atoms with Gasteiger partial charge in [-0.1, -0.05) is 30.8 Å². The molecule has 0 saturated heterocycles. The van der Waals surface area contributed by atoms with Crippen molar-refractivity contribution < 1.29 is 22.7 Å². The van der Waals surface area contributed by atoms with Crippen LogP contribution in [0.2, 0.25) is 0 Å². The van der Waals surface area contributed by atoms with E-state index in [0.717, 1.165) is 29.8 Å². The summed E-state index contributed by atoms with van der Waals surface area (Å²) in [6.07, 6.45) is -3.90. The number of amides is 1. The number of nitrogens with zero attached hydrogens (tertiary/aromatic N) is 2. The summed E-state index contributed by atoms with van der Waals surface area (Å²) in [4.78, 5) is 16.6. The predicted molar refractivity (Wildman–Crippen MR) is 121 cm³/mol. The van der Waals surface area contributed by atoms with E-state index < -0.39 is 23.2 Å². The summed E-state index contributed by atoms with van der Waals surface area (Å²) in [7, 11) is 1.48. The lowest BCUT2D eigenvalue weighted by Gasteiger charge is -2.14. The fraction of sp³-hybridized carbons (Fsp3) is 0.208. The molecule has 33 heavy (non-hydrogen) atoms. The summed E-state index contributed by atoms with van der Waals surface area (Å²) in [6, 6.07) is 16.1. The number of benzene rings is 2. The van der Waals surface area contributed by atoms with Gasteiger partial charge >= 0.3 is 6.18 Å². The fourth-order valence-electron chi connectivity index (χ4n) is 3.02. The van der Waals surface area contributed by atoms with E-state index in [-0.39, 0.29) is 16.5 Å². The molecule has 1 heterocycles. The van der Waals surface area contributed by atoms with Crippen LogP contribution in [-0.4, -0.2) is 23.8 Å². The van der Waals surface area contributed by atoms with Crippen molar-refractivity contribution in [3.8, 4) is 23.1 Å². The number of carbonyl (C=O) groups is 1. The zero-order valence-corrected chi connectivity index (χ0v) is 18.7. The molecule has 0 bridgehead atoms. The summed E-state index contributed by atoms with van der Waals surface area (Å²) >= 11 is 0.783. The van der Waals surface area contributed by atoms with Crippen LogP contribution in [-0.2, 0) is 17.4 Å². The first-order valence-electron chi connectivity index (χ1n) is 9.93. The summed E-state index contributed by atoms with van der Waals surface area (Å²) in [5, 5.41) is 12.0. The summed E-state index contributed by atoms with van der Waals surface area (Å²) in [5.74, 6) is -0.0827. The summed E-state index contributed by atoms with van der Waals surface area (Å²) in [6.45, 7) is 2.01. The number of halogens is 3. The number of alkyl halides is 3. The van der Waals surface area contributed by atoms with E-state index in [1.807, 2.05) is 19.1 Å². The van der Waals surface area contributed by atoms with Gasteiger partial charge in [0.25, 0.3) is 0 Å². The van der Waals surface area contributed by atoms with Crippen LogP contribution in [0.4, 0.5) is 18.9 Å². The Labute approximate surface area is 193 Å². The predicted octanol–water partition coefficient (Wildman–Crippen LogP) is 5.94. The van der Waals surface area contributed by atoms with Crippen molar-refractivity contribution in [1.82, 2.24) is 4.98 Å². The maximum atomic E-state index is 13.7. The number of methoxy groups -OCH3 is 1. The first-order chi connectivity index (χ1) is 15.7. The van der Waals surface area contributed by atoms with Gasteiger partial charge in [-0.3, -0.25) is 4.79 Å². The number of thioether (sulfide) groups is 1. The van der Waals surface area contributed by atoms with Gasteiger partial charge < -0.3 is 10.1 Å². The number of ether oxygens (including phenoxy) is 1. The smallest absolute Gasteiger partial charge is 0.417 e. The second-order valence-corrected chi connectivity index (χ2v) is 7.92. The van der Waals surface area contributed by atoms with Gasteiger partial charge in [0.15, 0.2) is 0 Å². The molecule has 0 radical (unpaired) electrons. The Bertz CT molecular complexity index is 1170. The normalized spacial score (nSPS) is 11.0. The van der Waals surface area contributed by atoms with E-state index >= 15 is 0 Å². The largest absolute Gasteiger partial charge is 0.497 e. The second kappa shape index (κ2) is 10.4. The van der Waals surface area contributed by atoms with E-state index in [1.54, 1.807) is 42.5 Å². The Morgan fingerprint density at radius 1 is 1.15 bits per heavy atom. The summed E-state index contributed by atoms with van der Waals surface area (Å²) in [5.41, 5.74) is 0.457. The molecule has 1 aromatic heterocycles. The van der Waals surface area contributed by atoms with Crippen molar-refractivity contribution >= 4 is 23.4 Å². The molecule has 1 amide bonds. The molecule has 3 rings (SSSR count). The molecule has 0 aliphatic carbocycles. The van der Waals surface area contributed by atoms with Gasteiger partial charge in [0.1, 0.15) is 16.8 Å². The van der Waals surface area contributed by atoms with Crippen molar-refractivity contribution in [1.29, 1.82) is 5.26 Å². The van der Waals surface area contributed by atoms with Gasteiger partial charge in [0.05, 0.1) is 29.7 Å². The highest BCUT2D eigenvalue weighted by Gasteiger charge is 2.36. The van der Waals surface area contributed by atoms with Crippen LogP contribution in [0.1, 0.15) is 23.6 Å². The maximum absolute atomic E-state index is 13.7. The van der Waals surface area contributed by atoms with Gasteiger partial charge in [-0.25, -0.2) is 4.98 Å². The molecule has 5 nitrogen and oxygen atoms in total. The minimum atomic E-state index is -4.76. The minimum absolute atomic E-state index is 0.0436. The number of rotatable bonds is 7. The van der Waals surface area contributed by atoms with E-state index in [0.29, 0.717) is 17.0 Å². The number of hydrogen-bond acceptors (Lipinski definition) is 5. The number of pyridine rings is 1. The highest BCUT2D eigenvalue weighted by Crippen LogP contribution is 2.38. The Hall–Kier alpha value is -3.51. The monoisotopic (exact) mass is 471 g/mol. The van der Waals surface area contributed by atoms with Crippen LogP contribution in [0, 0.1) is 11.3 Å². The number of hydrogen-bond donors (Lipinski definition) is 1. The van der Waals surface area contributed by atoms with Crippen LogP contribution in [0.3, 0.4) is 0 Å². The highest BCUT2D eigenvalue weighted by atomic mass is 32.2. The minimum Gasteiger partial charge on any atom is -0.497 e. The van der Waals surface area contributed by atoms with E-state index in [9.17, 15) is 23.2 Å². The van der Waals surface area contributed by atoms with Crippen LogP contribution in [0.15, 0.2) is 59.6 Å². The number of aryl methyl sites for hydroxylation is 1. The molecule has 0 spiro atoms. The first-order valence-corrected chi connectivity index (χ1v) is 10.9. The zero-order valence-electron chi connectivity index (χ0n) is 17.9. The Morgan fingerprint density at radius 3 is 2.36 bits per heavy atom. The SMILES string of the molecule is CCc1ccc(NC(=O)CSc2nc(-c3ccc(OC)cc3)cc(C(F)(F)F)c2C#N)cc1. The Kier molecular flexibility index (Phi) is 7.61. The number of nitrogens with one attached hydrogen (secondary N) is 1. The lowest BCUT2D eigenvalue weighted by atomic mass is 10.1. The molecule has 0 unspecified atom stereocenters. The van der Waals surface area contributed by atoms with E-state index in [2.05, 4.69) is 10.3 Å². The summed E-state index contributed by atoms with van der Waals surface area (Å²) < 4.78 is 46.1. The van der Waals surface area contributed by atoms with Crippen molar-refractivity contribution in [2.24, 2.45) is 0 Å². The number of nitriles is 1. The van der Waals surface area contributed by atoms with Gasteiger partial charge in [-0.05, 0) is 54.4 Å². The highest BCUT2D eigenvalue weighted by molar-refractivity contribution is 8.00. The fourth-order valence-corrected chi connectivity index (χ4v) is 3.82. The molecule has 3 aromatic rings. The molecule has 170 valence electrons. The molecule has 9 heteroatoms. The third-order valence-electron chi connectivity index (χ3n) is 4.78. The number of aromatic nitrogens is 1. The first kappa shape index (κ1) is 24.1. The molecular formula is C24H20F3N3O2S. The molecular weight excluding hydrogens is 451 g/mol. The lowest BCUT2D eigenvalue weighted by Crippen LogP contribution is -2.15. The van der Waals surface area contributed by atoms with Crippen LogP contribution in [0.25, 0.3) is 11.3 Å². The molecule has 0 atom stereocenters. The van der Waals surface area contributed by atoms with Gasteiger partial charge in [0.2, 0.25) is 5.91 Å². The Morgan fingerprint density at radius 2 is 1.82 bits per heavy atom. The molecule has 1 N–H and O–H groups in total. The third kappa shape index (κ3) is 6.05. The van der Waals surface area contributed by atoms with Gasteiger partial charge in [0, 0.05) is 11.3 Å². The topological polar surface area (TPSA) is 75.0 Å². The maximum Gasteiger partial charge on any atom is 0.417 e. The molecule has 0 aliphatic heterocycles.